The normalized spacial score (nSPS) is 14.2. The van der Waals surface area contributed by atoms with Crippen molar-refractivity contribution in [2.45, 2.75) is 34.1 Å². The number of hydrogen-bond acceptors (Lipinski definition) is 0. The Bertz CT molecular complexity index is 127. The van der Waals surface area contributed by atoms with Gasteiger partial charge in [-0.1, -0.05) is 30.2 Å². The summed E-state index contributed by atoms with van der Waals surface area (Å²) in [5.41, 5.74) is 2.88. The van der Waals surface area contributed by atoms with E-state index in [2.05, 4.69) is 32.9 Å². The van der Waals surface area contributed by atoms with Crippen molar-refractivity contribution in [3.05, 3.63) is 23.3 Å². The second-order valence-corrected chi connectivity index (χ2v) is 2.32. The lowest BCUT2D eigenvalue weighted by atomic mass is 10.1. The van der Waals surface area contributed by atoms with E-state index in [1.165, 1.54) is 11.1 Å². The van der Waals surface area contributed by atoms with Crippen molar-refractivity contribution < 1.29 is 0 Å². The summed E-state index contributed by atoms with van der Waals surface area (Å²) in [6, 6.07) is 0. The molecule has 0 heterocycles. The van der Waals surface area contributed by atoms with Gasteiger partial charge in [0, 0.05) is 0 Å². The Morgan fingerprint density at radius 2 is 1.89 bits per heavy atom. The van der Waals surface area contributed by atoms with Crippen molar-refractivity contribution in [3.8, 4) is 0 Å². The first-order chi connectivity index (χ1) is 4.22. The van der Waals surface area contributed by atoms with Crippen LogP contribution < -0.4 is 0 Å². The maximum atomic E-state index is 2.18. The highest BCUT2D eigenvalue weighted by atomic mass is 13.9. The van der Waals surface area contributed by atoms with Gasteiger partial charge in [0.1, 0.15) is 0 Å². The van der Waals surface area contributed by atoms with E-state index in [0.29, 0.717) is 0 Å². The second kappa shape index (κ2) is 4.37. The van der Waals surface area contributed by atoms with Crippen LogP contribution in [0.3, 0.4) is 0 Å². The number of rotatable bonds is 2. The molecule has 0 spiro atoms. The molecule has 0 rings (SSSR count). The molecule has 0 nitrogen and oxygen atoms in total. The summed E-state index contributed by atoms with van der Waals surface area (Å²) in [6.45, 7) is 8.56. The van der Waals surface area contributed by atoms with E-state index in [1.807, 2.05) is 6.92 Å². The van der Waals surface area contributed by atoms with Gasteiger partial charge in [0.25, 0.3) is 0 Å². The summed E-state index contributed by atoms with van der Waals surface area (Å²) in [5, 5.41) is 0. The molecule has 0 fully saturated rings. The Balaban J connectivity index is 4.10. The molecule has 0 saturated heterocycles. The summed E-state index contributed by atoms with van der Waals surface area (Å²) < 4.78 is 0. The summed E-state index contributed by atoms with van der Waals surface area (Å²) in [7, 11) is 0. The fraction of sp³-hybridized carbons (Fsp3) is 0.556. The summed E-state index contributed by atoms with van der Waals surface area (Å²) >= 11 is 0. The molecule has 0 atom stereocenters. The van der Waals surface area contributed by atoms with Crippen LogP contribution in [0.4, 0.5) is 0 Å². The summed E-state index contributed by atoms with van der Waals surface area (Å²) in [6.07, 6.45) is 5.39. The van der Waals surface area contributed by atoms with Gasteiger partial charge in [0.2, 0.25) is 0 Å². The molecule has 0 aliphatic heterocycles. The van der Waals surface area contributed by atoms with E-state index in [0.717, 1.165) is 6.42 Å². The minimum atomic E-state index is 1.16. The first-order valence-corrected chi connectivity index (χ1v) is 3.51. The van der Waals surface area contributed by atoms with Gasteiger partial charge in [0.15, 0.2) is 0 Å². The molecule has 0 unspecified atom stereocenters. The fourth-order valence-electron chi connectivity index (χ4n) is 0.671. The molecule has 0 aromatic heterocycles. The quantitative estimate of drug-likeness (QED) is 0.495. The van der Waals surface area contributed by atoms with Crippen LogP contribution in [0.2, 0.25) is 0 Å². The Morgan fingerprint density at radius 3 is 2.22 bits per heavy atom. The van der Waals surface area contributed by atoms with Crippen LogP contribution in [0.15, 0.2) is 23.3 Å². The molecule has 0 heteroatoms. The monoisotopic (exact) mass is 124 g/mol. The summed E-state index contributed by atoms with van der Waals surface area (Å²) in [4.78, 5) is 0. The third-order valence-electron chi connectivity index (χ3n) is 1.62. The van der Waals surface area contributed by atoms with Gasteiger partial charge in [0.05, 0.1) is 0 Å². The topological polar surface area (TPSA) is 0 Å². The van der Waals surface area contributed by atoms with Crippen LogP contribution in [-0.2, 0) is 0 Å². The van der Waals surface area contributed by atoms with Crippen molar-refractivity contribution in [1.82, 2.24) is 0 Å². The van der Waals surface area contributed by atoms with Gasteiger partial charge in [-0.3, -0.25) is 0 Å². The van der Waals surface area contributed by atoms with Gasteiger partial charge in [-0.2, -0.15) is 0 Å². The third-order valence-corrected chi connectivity index (χ3v) is 1.62. The van der Waals surface area contributed by atoms with E-state index in [1.54, 1.807) is 0 Å². The molecule has 0 aliphatic carbocycles. The Labute approximate surface area is 58.3 Å². The van der Waals surface area contributed by atoms with Crippen molar-refractivity contribution in [2.24, 2.45) is 0 Å². The minimum Gasteiger partial charge on any atom is -0.0874 e. The third kappa shape index (κ3) is 3.12. The molecule has 0 N–H and O–H groups in total. The number of hydrogen-bond donors (Lipinski definition) is 0. The highest BCUT2D eigenvalue weighted by Crippen LogP contribution is 2.07. The van der Waals surface area contributed by atoms with E-state index < -0.39 is 0 Å². The first kappa shape index (κ1) is 8.48. The standard InChI is InChI=1S/C9H16/c1-5-7-9(4)8(3)6-2/h5,7H,6H2,1-4H3/b7-5?,9-8-. The maximum Gasteiger partial charge on any atom is -0.0346 e. The highest BCUT2D eigenvalue weighted by Gasteiger charge is 1.86. The van der Waals surface area contributed by atoms with Crippen LogP contribution in [0.1, 0.15) is 34.1 Å². The molecular weight excluding hydrogens is 108 g/mol. The van der Waals surface area contributed by atoms with E-state index in [9.17, 15) is 0 Å². The summed E-state index contributed by atoms with van der Waals surface area (Å²) in [5.74, 6) is 0. The van der Waals surface area contributed by atoms with Crippen LogP contribution in [0.5, 0.6) is 0 Å². The number of allylic oxidation sites excluding steroid dienone is 4. The van der Waals surface area contributed by atoms with E-state index in [4.69, 9.17) is 0 Å². The molecule has 0 aromatic rings. The van der Waals surface area contributed by atoms with Crippen LogP contribution >= 0.6 is 0 Å². The van der Waals surface area contributed by atoms with Crippen molar-refractivity contribution >= 4 is 0 Å². The van der Waals surface area contributed by atoms with Crippen molar-refractivity contribution in [2.75, 3.05) is 0 Å². The molecule has 52 valence electrons. The van der Waals surface area contributed by atoms with Crippen molar-refractivity contribution in [1.29, 1.82) is 0 Å². The van der Waals surface area contributed by atoms with E-state index >= 15 is 0 Å². The van der Waals surface area contributed by atoms with Gasteiger partial charge in [-0.15, -0.1) is 0 Å². The molecule has 0 aliphatic rings. The van der Waals surface area contributed by atoms with Gasteiger partial charge < -0.3 is 0 Å². The zero-order valence-electron chi connectivity index (χ0n) is 6.86. The minimum absolute atomic E-state index is 1.16. The zero-order chi connectivity index (χ0) is 7.28. The zero-order valence-corrected chi connectivity index (χ0v) is 6.86. The largest absolute Gasteiger partial charge is 0.0874 e. The predicted octanol–water partition coefficient (Wildman–Crippen LogP) is 3.31. The Kier molecular flexibility index (Phi) is 4.12. The van der Waals surface area contributed by atoms with Crippen molar-refractivity contribution in [3.63, 3.8) is 0 Å². The lowest BCUT2D eigenvalue weighted by Gasteiger charge is -1.97. The van der Waals surface area contributed by atoms with Gasteiger partial charge >= 0.3 is 0 Å². The molecule has 0 radical (unpaired) electrons. The Morgan fingerprint density at radius 1 is 1.33 bits per heavy atom. The maximum absolute atomic E-state index is 2.18. The van der Waals surface area contributed by atoms with E-state index in [-0.39, 0.29) is 0 Å². The lowest BCUT2D eigenvalue weighted by molar-refractivity contribution is 1.07. The van der Waals surface area contributed by atoms with Gasteiger partial charge in [-0.05, 0) is 27.2 Å². The SMILES string of the molecule is CC=C/C(C)=C(/C)CC. The average Bonchev–Trinajstić information content (AvgIpc) is 1.87. The molecule has 0 bridgehead atoms. The molecule has 0 amide bonds. The molecule has 0 aromatic carbocycles. The molecule has 9 heavy (non-hydrogen) atoms. The molecular formula is C9H16. The van der Waals surface area contributed by atoms with Gasteiger partial charge in [-0.25, -0.2) is 0 Å². The van der Waals surface area contributed by atoms with Crippen LogP contribution in [-0.4, -0.2) is 0 Å². The predicted molar refractivity (Wildman–Crippen MR) is 43.5 cm³/mol. The fourth-order valence-corrected chi connectivity index (χ4v) is 0.671. The molecule has 0 saturated carbocycles. The lowest BCUT2D eigenvalue weighted by Crippen LogP contribution is -1.76. The Hall–Kier alpha value is -0.520. The first-order valence-electron chi connectivity index (χ1n) is 3.51. The highest BCUT2D eigenvalue weighted by molar-refractivity contribution is 5.21. The smallest absolute Gasteiger partial charge is 0.0346 e. The second-order valence-electron chi connectivity index (χ2n) is 2.32. The van der Waals surface area contributed by atoms with Crippen LogP contribution in [0, 0.1) is 0 Å². The average molecular weight is 124 g/mol. The van der Waals surface area contributed by atoms with Crippen LogP contribution in [0.25, 0.3) is 0 Å².